The van der Waals surface area contributed by atoms with Crippen LogP contribution in [0.5, 0.6) is 0 Å². The zero-order valence-corrected chi connectivity index (χ0v) is 11.3. The molecule has 1 aromatic carbocycles. The van der Waals surface area contributed by atoms with Crippen LogP contribution in [0.25, 0.3) is 27.7 Å². The highest BCUT2D eigenvalue weighted by Crippen LogP contribution is 2.34. The molecule has 20 heavy (non-hydrogen) atoms. The van der Waals surface area contributed by atoms with Crippen molar-refractivity contribution in [1.82, 2.24) is 9.38 Å². The second-order valence-electron chi connectivity index (χ2n) is 4.43. The van der Waals surface area contributed by atoms with Gasteiger partial charge in [-0.25, -0.2) is 4.98 Å². The zero-order valence-electron chi connectivity index (χ0n) is 10.5. The van der Waals surface area contributed by atoms with E-state index in [1.54, 1.807) is 17.6 Å². The molecule has 0 amide bonds. The maximum Gasteiger partial charge on any atom is 0.196 e. The van der Waals surface area contributed by atoms with Crippen LogP contribution in [0.2, 0.25) is 0 Å². The van der Waals surface area contributed by atoms with E-state index in [-0.39, 0.29) is 0 Å². The number of rotatable bonds is 2. The quantitative estimate of drug-likeness (QED) is 0.606. The Kier molecular flexibility index (Phi) is 2.40. The van der Waals surface area contributed by atoms with Crippen molar-refractivity contribution in [3.8, 4) is 22.7 Å². The third-order valence-corrected chi connectivity index (χ3v) is 4.05. The maximum atomic E-state index is 6.29. The summed E-state index contributed by atoms with van der Waals surface area (Å²) < 4.78 is 7.39. The Balaban J connectivity index is 1.97. The Labute approximate surface area is 119 Å². The van der Waals surface area contributed by atoms with Gasteiger partial charge in [-0.15, -0.1) is 11.3 Å². The van der Waals surface area contributed by atoms with Gasteiger partial charge in [-0.2, -0.15) is 0 Å². The normalized spacial score (nSPS) is 11.2. The summed E-state index contributed by atoms with van der Waals surface area (Å²) in [7, 11) is 0. The monoisotopic (exact) mass is 281 g/mol. The van der Waals surface area contributed by atoms with Gasteiger partial charge in [0.1, 0.15) is 17.2 Å². The number of benzene rings is 1. The minimum atomic E-state index is 0.638. The number of anilines is 1. The van der Waals surface area contributed by atoms with Crippen LogP contribution in [0.4, 0.5) is 5.82 Å². The van der Waals surface area contributed by atoms with E-state index in [9.17, 15) is 0 Å². The minimum Gasteiger partial charge on any atom is -0.463 e. The molecule has 0 saturated carbocycles. The molecule has 0 spiro atoms. The van der Waals surface area contributed by atoms with Crippen molar-refractivity contribution in [2.24, 2.45) is 0 Å². The van der Waals surface area contributed by atoms with Gasteiger partial charge in [-0.3, -0.25) is 4.40 Å². The van der Waals surface area contributed by atoms with Crippen LogP contribution in [0.3, 0.4) is 0 Å². The van der Waals surface area contributed by atoms with Gasteiger partial charge in [0.15, 0.2) is 10.7 Å². The second kappa shape index (κ2) is 4.25. The topological polar surface area (TPSA) is 56.5 Å². The van der Waals surface area contributed by atoms with Gasteiger partial charge >= 0.3 is 0 Å². The van der Waals surface area contributed by atoms with E-state index in [1.165, 1.54) is 0 Å². The van der Waals surface area contributed by atoms with Crippen LogP contribution in [0.15, 0.2) is 58.5 Å². The van der Waals surface area contributed by atoms with Crippen molar-refractivity contribution in [3.05, 3.63) is 54.1 Å². The summed E-state index contributed by atoms with van der Waals surface area (Å²) >= 11 is 1.55. The van der Waals surface area contributed by atoms with E-state index in [4.69, 9.17) is 10.2 Å². The molecular weight excluding hydrogens is 270 g/mol. The van der Waals surface area contributed by atoms with Crippen molar-refractivity contribution in [2.45, 2.75) is 0 Å². The van der Waals surface area contributed by atoms with E-state index in [0.717, 1.165) is 27.7 Å². The van der Waals surface area contributed by atoms with E-state index in [0.29, 0.717) is 5.82 Å². The van der Waals surface area contributed by atoms with Gasteiger partial charge < -0.3 is 10.2 Å². The molecule has 0 aliphatic rings. The molecule has 0 aliphatic heterocycles. The van der Waals surface area contributed by atoms with Gasteiger partial charge in [-0.05, 0) is 12.1 Å². The Hall–Kier alpha value is -2.53. The molecule has 0 saturated heterocycles. The third-order valence-electron chi connectivity index (χ3n) is 3.22. The summed E-state index contributed by atoms with van der Waals surface area (Å²) in [6.07, 6.45) is 1.66. The first-order valence-corrected chi connectivity index (χ1v) is 7.07. The number of aromatic nitrogens is 2. The van der Waals surface area contributed by atoms with Crippen LogP contribution in [0, 0.1) is 0 Å². The number of hydrogen-bond donors (Lipinski definition) is 1. The molecule has 3 heterocycles. The highest BCUT2D eigenvalue weighted by atomic mass is 32.1. The molecule has 4 aromatic rings. The van der Waals surface area contributed by atoms with Crippen LogP contribution in [-0.2, 0) is 0 Å². The van der Waals surface area contributed by atoms with Gasteiger partial charge in [0, 0.05) is 10.9 Å². The van der Waals surface area contributed by atoms with E-state index < -0.39 is 0 Å². The van der Waals surface area contributed by atoms with Crippen LogP contribution in [0.1, 0.15) is 0 Å². The SMILES string of the molecule is Nc1c(-c2ccccc2)nc2scc(-c3ccco3)n12. The first kappa shape index (κ1) is 11.3. The van der Waals surface area contributed by atoms with Crippen molar-refractivity contribution >= 4 is 22.1 Å². The number of thiazole rings is 1. The Morgan fingerprint density at radius 3 is 2.70 bits per heavy atom. The fourth-order valence-electron chi connectivity index (χ4n) is 2.29. The van der Waals surface area contributed by atoms with Gasteiger partial charge in [0.25, 0.3) is 0 Å². The molecule has 98 valence electrons. The molecule has 0 bridgehead atoms. The van der Waals surface area contributed by atoms with Crippen LogP contribution in [-0.4, -0.2) is 9.38 Å². The third kappa shape index (κ3) is 1.57. The minimum absolute atomic E-state index is 0.638. The molecule has 0 radical (unpaired) electrons. The zero-order chi connectivity index (χ0) is 13.5. The Morgan fingerprint density at radius 2 is 1.95 bits per heavy atom. The summed E-state index contributed by atoms with van der Waals surface area (Å²) in [5, 5.41) is 2.01. The molecule has 3 aromatic heterocycles. The number of fused-ring (bicyclic) bond motifs is 1. The van der Waals surface area contributed by atoms with E-state index in [1.807, 2.05) is 52.2 Å². The summed E-state index contributed by atoms with van der Waals surface area (Å²) in [6.45, 7) is 0. The average molecular weight is 281 g/mol. The Bertz CT molecular complexity index is 859. The molecule has 4 rings (SSSR count). The summed E-state index contributed by atoms with van der Waals surface area (Å²) in [6, 6.07) is 13.7. The van der Waals surface area contributed by atoms with Crippen LogP contribution >= 0.6 is 11.3 Å². The lowest BCUT2D eigenvalue weighted by molar-refractivity contribution is 0.579. The standard InChI is InChI=1S/C15H11N3OS/c16-14-13(10-5-2-1-3-6-10)17-15-18(14)11(9-20-15)12-7-4-8-19-12/h1-9H,16H2. The number of imidazole rings is 1. The van der Waals surface area contributed by atoms with Gasteiger partial charge in [-0.1, -0.05) is 30.3 Å². The summed E-state index contributed by atoms with van der Waals surface area (Å²) in [4.78, 5) is 5.50. The highest BCUT2D eigenvalue weighted by molar-refractivity contribution is 7.15. The van der Waals surface area contributed by atoms with Crippen molar-refractivity contribution in [3.63, 3.8) is 0 Å². The fourth-order valence-corrected chi connectivity index (χ4v) is 3.17. The molecule has 0 fully saturated rings. The number of nitrogen functional groups attached to an aromatic ring is 1. The maximum absolute atomic E-state index is 6.29. The Morgan fingerprint density at radius 1 is 1.10 bits per heavy atom. The van der Waals surface area contributed by atoms with Crippen molar-refractivity contribution in [1.29, 1.82) is 0 Å². The van der Waals surface area contributed by atoms with E-state index in [2.05, 4.69) is 4.98 Å². The molecule has 5 heteroatoms. The second-order valence-corrected chi connectivity index (χ2v) is 5.26. The van der Waals surface area contributed by atoms with Crippen molar-refractivity contribution in [2.75, 3.05) is 5.73 Å². The predicted octanol–water partition coefficient (Wildman–Crippen LogP) is 3.91. The summed E-state index contributed by atoms with van der Waals surface area (Å²) in [5.74, 6) is 1.43. The summed E-state index contributed by atoms with van der Waals surface area (Å²) in [5.41, 5.74) is 9.05. The molecule has 0 aliphatic carbocycles. The highest BCUT2D eigenvalue weighted by Gasteiger charge is 2.17. The lowest BCUT2D eigenvalue weighted by atomic mass is 10.1. The molecule has 2 N–H and O–H groups in total. The number of hydrogen-bond acceptors (Lipinski definition) is 4. The fraction of sp³-hybridized carbons (Fsp3) is 0. The number of furan rings is 1. The van der Waals surface area contributed by atoms with Gasteiger partial charge in [0.05, 0.1) is 6.26 Å². The largest absolute Gasteiger partial charge is 0.463 e. The number of nitrogens with zero attached hydrogens (tertiary/aromatic N) is 2. The molecule has 0 unspecified atom stereocenters. The first-order valence-electron chi connectivity index (χ1n) is 6.19. The number of nitrogens with two attached hydrogens (primary N) is 1. The molecule has 0 atom stereocenters. The predicted molar refractivity (Wildman–Crippen MR) is 80.6 cm³/mol. The molecule has 4 nitrogen and oxygen atoms in total. The smallest absolute Gasteiger partial charge is 0.196 e. The first-order chi connectivity index (χ1) is 9.84. The van der Waals surface area contributed by atoms with E-state index >= 15 is 0 Å². The molecular formula is C15H11N3OS. The lowest BCUT2D eigenvalue weighted by Crippen LogP contribution is -1.94. The van der Waals surface area contributed by atoms with Crippen molar-refractivity contribution < 1.29 is 4.42 Å². The average Bonchev–Trinajstić information content (AvgIpc) is 3.18. The van der Waals surface area contributed by atoms with Crippen LogP contribution < -0.4 is 5.73 Å². The lowest BCUT2D eigenvalue weighted by Gasteiger charge is -2.00. The van der Waals surface area contributed by atoms with Gasteiger partial charge in [0.2, 0.25) is 0 Å².